The quantitative estimate of drug-likeness (QED) is 0.201. The summed E-state index contributed by atoms with van der Waals surface area (Å²) in [5.41, 5.74) is 4.75. The van der Waals surface area contributed by atoms with Crippen LogP contribution in [0, 0.1) is 5.82 Å². The third kappa shape index (κ3) is 5.87. The zero-order valence-corrected chi connectivity index (χ0v) is 22.7. The van der Waals surface area contributed by atoms with Crippen molar-refractivity contribution < 1.29 is 13.5 Å². The van der Waals surface area contributed by atoms with Gasteiger partial charge in [-0.3, -0.25) is 4.98 Å². The molecule has 0 amide bonds. The van der Waals surface area contributed by atoms with Crippen molar-refractivity contribution in [3.8, 4) is 5.75 Å². The van der Waals surface area contributed by atoms with E-state index >= 15 is 0 Å². The highest BCUT2D eigenvalue weighted by molar-refractivity contribution is 5.83. The first-order valence-electron chi connectivity index (χ1n) is 13.5. The van der Waals surface area contributed by atoms with E-state index in [1.807, 2.05) is 36.4 Å². The lowest BCUT2D eigenvalue weighted by Crippen LogP contribution is -2.21. The van der Waals surface area contributed by atoms with Crippen LogP contribution in [0.2, 0.25) is 0 Å². The molecule has 0 fully saturated rings. The van der Waals surface area contributed by atoms with E-state index in [-0.39, 0.29) is 12.4 Å². The molecule has 0 aliphatic heterocycles. The molecule has 0 spiro atoms. The van der Waals surface area contributed by atoms with Gasteiger partial charge in [-0.25, -0.2) is 19.3 Å². The largest absolute Gasteiger partial charge is 0.496 e. The van der Waals surface area contributed by atoms with Crippen molar-refractivity contribution >= 4 is 28.0 Å². The van der Waals surface area contributed by atoms with Gasteiger partial charge in [0.15, 0.2) is 22.8 Å². The van der Waals surface area contributed by atoms with Crippen molar-refractivity contribution in [2.75, 3.05) is 25.5 Å². The summed E-state index contributed by atoms with van der Waals surface area (Å²) in [4.78, 5) is 18.0. The normalized spacial score (nSPS) is 11.4. The summed E-state index contributed by atoms with van der Waals surface area (Å²) in [6.07, 6.45) is 4.58. The van der Waals surface area contributed by atoms with Crippen molar-refractivity contribution in [2.24, 2.45) is 0 Å². The molecule has 0 unspecified atom stereocenters. The van der Waals surface area contributed by atoms with E-state index in [1.165, 1.54) is 6.07 Å². The highest BCUT2D eigenvalue weighted by atomic mass is 19.1. The molecule has 2 N–H and O–H groups in total. The molecule has 0 aliphatic carbocycles. The molecule has 208 valence electrons. The Kier molecular flexibility index (Phi) is 7.81. The number of nitrogens with zero attached hydrogens (tertiary/aromatic N) is 5. The van der Waals surface area contributed by atoms with Crippen LogP contribution in [0.15, 0.2) is 83.5 Å². The molecule has 4 aromatic heterocycles. The van der Waals surface area contributed by atoms with E-state index < -0.39 is 0 Å². The monoisotopic (exact) mass is 551 g/mol. The van der Waals surface area contributed by atoms with Gasteiger partial charge in [0.2, 0.25) is 0 Å². The molecule has 41 heavy (non-hydrogen) atoms. The van der Waals surface area contributed by atoms with E-state index in [0.29, 0.717) is 48.0 Å². The zero-order chi connectivity index (χ0) is 28.0. The summed E-state index contributed by atoms with van der Waals surface area (Å²) in [6, 6.07) is 21.0. The van der Waals surface area contributed by atoms with Crippen LogP contribution in [-0.2, 0) is 25.9 Å². The number of para-hydroxylation sites is 3. The summed E-state index contributed by atoms with van der Waals surface area (Å²) < 4.78 is 27.7. The molecular formula is C31H30FN7O2. The van der Waals surface area contributed by atoms with Crippen molar-refractivity contribution in [3.05, 3.63) is 108 Å². The van der Waals surface area contributed by atoms with Gasteiger partial charge in [-0.1, -0.05) is 30.3 Å². The number of methoxy groups -OCH3 is 1. The minimum atomic E-state index is -0.366. The van der Waals surface area contributed by atoms with Crippen LogP contribution < -0.4 is 15.4 Å². The Balaban J connectivity index is 1.08. The van der Waals surface area contributed by atoms with Crippen LogP contribution in [0.1, 0.15) is 23.0 Å². The second-order valence-electron chi connectivity index (χ2n) is 9.56. The molecule has 0 saturated heterocycles. The lowest BCUT2D eigenvalue weighted by atomic mass is 10.2. The molecule has 0 bridgehead atoms. The summed E-state index contributed by atoms with van der Waals surface area (Å²) >= 11 is 0. The topological polar surface area (TPSA) is 103 Å². The highest BCUT2D eigenvalue weighted by Gasteiger charge is 2.14. The van der Waals surface area contributed by atoms with E-state index in [9.17, 15) is 4.39 Å². The van der Waals surface area contributed by atoms with Crippen LogP contribution in [0.25, 0.3) is 22.1 Å². The number of pyridine rings is 2. The second-order valence-corrected chi connectivity index (χ2v) is 9.56. The number of fused-ring (bicyclic) bond motifs is 2. The highest BCUT2D eigenvalue weighted by Crippen LogP contribution is 2.24. The molecular weight excluding hydrogens is 521 g/mol. The van der Waals surface area contributed by atoms with Crippen LogP contribution >= 0.6 is 0 Å². The van der Waals surface area contributed by atoms with Gasteiger partial charge in [0.25, 0.3) is 0 Å². The maximum Gasteiger partial charge on any atom is 0.196 e. The molecule has 4 heterocycles. The molecule has 9 nitrogen and oxygen atoms in total. The molecule has 0 saturated carbocycles. The van der Waals surface area contributed by atoms with Crippen LogP contribution in [-0.4, -0.2) is 44.7 Å². The average Bonchev–Trinajstić information content (AvgIpc) is 3.58. The Labute approximate surface area is 236 Å². The van der Waals surface area contributed by atoms with Gasteiger partial charge in [-0.15, -0.1) is 0 Å². The number of imidazole rings is 1. The number of ether oxygens (including phenoxy) is 1. The Morgan fingerprint density at radius 2 is 1.76 bits per heavy atom. The zero-order valence-electron chi connectivity index (χ0n) is 22.7. The Morgan fingerprint density at radius 3 is 2.66 bits per heavy atom. The predicted octanol–water partition coefficient (Wildman–Crippen LogP) is 5.15. The van der Waals surface area contributed by atoms with Gasteiger partial charge in [-0.05, 0) is 30.3 Å². The maximum atomic E-state index is 14.0. The molecule has 2 aromatic carbocycles. The molecule has 10 heteroatoms. The summed E-state index contributed by atoms with van der Waals surface area (Å²) in [5.74, 6) is 2.65. The molecule has 6 rings (SSSR count). The number of nitrogens with one attached hydrogen (secondary N) is 2. The van der Waals surface area contributed by atoms with Gasteiger partial charge < -0.3 is 24.4 Å². The standard InChI is InChI=1S/C31H30FN7O2/c1-40-26-11-5-2-7-21(26)20-39-25-10-4-3-9-23(25)37-28(39)13-16-33-17-14-29-38-30-27(41-29)12-18-35-31(30)36-19-24-22(32)8-6-15-34-24/h2-12,15,18,33H,13-14,16-17,19-20H2,1H3,(H,35,36). The predicted molar refractivity (Wildman–Crippen MR) is 155 cm³/mol. The summed E-state index contributed by atoms with van der Waals surface area (Å²) in [7, 11) is 1.70. The van der Waals surface area contributed by atoms with Crippen molar-refractivity contribution in [2.45, 2.75) is 25.9 Å². The molecule has 0 atom stereocenters. The summed E-state index contributed by atoms with van der Waals surface area (Å²) in [6.45, 7) is 2.32. The fourth-order valence-electron chi connectivity index (χ4n) is 4.87. The molecule has 6 aromatic rings. The number of rotatable bonds is 12. The average molecular weight is 552 g/mol. The van der Waals surface area contributed by atoms with E-state index in [2.05, 4.69) is 42.3 Å². The number of aromatic nitrogens is 5. The second kappa shape index (κ2) is 12.1. The molecule has 0 radical (unpaired) electrons. The summed E-state index contributed by atoms with van der Waals surface area (Å²) in [5, 5.41) is 6.62. The lowest BCUT2D eigenvalue weighted by molar-refractivity contribution is 0.408. The number of oxazole rings is 1. The van der Waals surface area contributed by atoms with Gasteiger partial charge in [0.1, 0.15) is 17.4 Å². The van der Waals surface area contributed by atoms with E-state index in [1.54, 1.807) is 31.6 Å². The molecule has 0 aliphatic rings. The van der Waals surface area contributed by atoms with Crippen molar-refractivity contribution in [1.29, 1.82) is 0 Å². The minimum Gasteiger partial charge on any atom is -0.496 e. The fraction of sp³-hybridized carbons (Fsp3) is 0.226. The number of benzene rings is 2. The number of anilines is 1. The third-order valence-electron chi connectivity index (χ3n) is 6.91. The fourth-order valence-corrected chi connectivity index (χ4v) is 4.87. The van der Waals surface area contributed by atoms with Crippen molar-refractivity contribution in [1.82, 2.24) is 29.8 Å². The van der Waals surface area contributed by atoms with E-state index in [0.717, 1.165) is 41.1 Å². The van der Waals surface area contributed by atoms with Gasteiger partial charge in [0, 0.05) is 50.0 Å². The van der Waals surface area contributed by atoms with E-state index in [4.69, 9.17) is 14.1 Å². The number of halogens is 1. The maximum absolute atomic E-state index is 14.0. The third-order valence-corrected chi connectivity index (χ3v) is 6.91. The first kappa shape index (κ1) is 26.4. The van der Waals surface area contributed by atoms with Gasteiger partial charge >= 0.3 is 0 Å². The minimum absolute atomic E-state index is 0.199. The van der Waals surface area contributed by atoms with Crippen LogP contribution in [0.5, 0.6) is 5.75 Å². The Hall–Kier alpha value is -4.83. The SMILES string of the molecule is COc1ccccc1Cn1c(CCNCCc2nc3c(NCc4ncccc4F)nccc3o2)nc2ccccc21. The van der Waals surface area contributed by atoms with Crippen LogP contribution in [0.3, 0.4) is 0 Å². The lowest BCUT2D eigenvalue weighted by Gasteiger charge is -2.13. The van der Waals surface area contributed by atoms with Gasteiger partial charge in [0.05, 0.1) is 36.9 Å². The Bertz CT molecular complexity index is 1780. The number of hydrogen-bond donors (Lipinski definition) is 2. The first-order chi connectivity index (χ1) is 20.2. The van der Waals surface area contributed by atoms with Crippen LogP contribution in [0.4, 0.5) is 10.2 Å². The number of hydrogen-bond acceptors (Lipinski definition) is 8. The first-order valence-corrected chi connectivity index (χ1v) is 13.5. The van der Waals surface area contributed by atoms with Crippen molar-refractivity contribution in [3.63, 3.8) is 0 Å². The van der Waals surface area contributed by atoms with Gasteiger partial charge in [-0.2, -0.15) is 0 Å². The smallest absolute Gasteiger partial charge is 0.196 e. The Morgan fingerprint density at radius 1 is 0.902 bits per heavy atom.